The number of nitrogens with one attached hydrogen (secondary N) is 2. The molecule has 4 fully saturated rings. The largest absolute Gasteiger partial charge is 0.507 e. The van der Waals surface area contributed by atoms with Crippen LogP contribution in [0.2, 0.25) is 0 Å². The molecular weight excluding hydrogens is 1170 g/mol. The third kappa shape index (κ3) is 10.0. The van der Waals surface area contributed by atoms with Crippen LogP contribution in [0.1, 0.15) is 49.0 Å². The average Bonchev–Trinajstić information content (AvgIpc) is 1.25. The molecule has 3 aliphatic heterocycles. The van der Waals surface area contributed by atoms with E-state index in [1.165, 1.54) is 4.68 Å². The lowest BCUT2D eigenvalue weighted by Crippen LogP contribution is -2.57. The molecule has 16 rings (SSSR count). The van der Waals surface area contributed by atoms with Gasteiger partial charge in [-0.3, -0.25) is 14.0 Å². The molecule has 9 aromatic heterocycles. The molecule has 92 heavy (non-hydrogen) atoms. The van der Waals surface area contributed by atoms with E-state index in [-0.39, 0.29) is 65.3 Å². The van der Waals surface area contributed by atoms with Crippen molar-refractivity contribution >= 4 is 83.3 Å². The summed E-state index contributed by atoms with van der Waals surface area (Å²) in [6.45, 7) is 6.19. The molecule has 1 saturated carbocycles. The van der Waals surface area contributed by atoms with Crippen LogP contribution in [0.4, 0.5) is 26.2 Å². The lowest BCUT2D eigenvalue weighted by atomic mass is 9.93. The molecule has 4 unspecified atom stereocenters. The summed E-state index contributed by atoms with van der Waals surface area (Å²) < 4.78 is 33.8. The van der Waals surface area contributed by atoms with Gasteiger partial charge in [0.15, 0.2) is 11.6 Å². The van der Waals surface area contributed by atoms with E-state index in [0.717, 1.165) is 60.3 Å². The first-order chi connectivity index (χ1) is 44.5. The second-order valence-corrected chi connectivity index (χ2v) is 25.7. The van der Waals surface area contributed by atoms with Crippen LogP contribution in [0.3, 0.4) is 0 Å². The Labute approximate surface area is 526 Å². The fraction of sp³-hybridized carbons (Fsp3) is 0.338. The van der Waals surface area contributed by atoms with Gasteiger partial charge in [-0.15, -0.1) is 0 Å². The van der Waals surface area contributed by atoms with Crippen molar-refractivity contribution < 1.29 is 29.2 Å². The minimum Gasteiger partial charge on any atom is -0.507 e. The van der Waals surface area contributed by atoms with E-state index in [4.69, 9.17) is 45.8 Å². The normalized spacial score (nSPS) is 19.5. The molecule has 3 saturated heterocycles. The second-order valence-electron chi connectivity index (χ2n) is 25.7. The topological polar surface area (TPSA) is 272 Å². The van der Waals surface area contributed by atoms with E-state index < -0.39 is 17.7 Å². The molecule has 3 aromatic carbocycles. The van der Waals surface area contributed by atoms with Crippen molar-refractivity contribution in [3.8, 4) is 51.0 Å². The fourth-order valence-electron chi connectivity index (χ4n) is 14.4. The number of hydrogen-bond acceptors (Lipinski definition) is 19. The molecule has 8 N–H and O–H groups in total. The van der Waals surface area contributed by atoms with E-state index in [0.29, 0.717) is 134 Å². The monoisotopic (exact) mass is 1240 g/mol. The summed E-state index contributed by atoms with van der Waals surface area (Å²) in [6.07, 6.45) is 7.87. The molecule has 0 amide bonds. The lowest BCUT2D eigenvalue weighted by Gasteiger charge is -2.38. The number of anilines is 3. The molecule has 1 aliphatic carbocycles. The molecule has 24 heteroatoms. The van der Waals surface area contributed by atoms with Crippen molar-refractivity contribution in [2.75, 3.05) is 67.2 Å². The molecular formula is C68H68F2N18O4. The fourth-order valence-corrected chi connectivity index (χ4v) is 14.4. The maximum absolute atomic E-state index is 15.2. The van der Waals surface area contributed by atoms with Crippen LogP contribution < -0.4 is 31.1 Å². The third-order valence-corrected chi connectivity index (χ3v) is 19.3. The Morgan fingerprint density at radius 2 is 1.10 bits per heavy atom. The summed E-state index contributed by atoms with van der Waals surface area (Å²) in [6, 6.07) is 26.3. The number of benzene rings is 3. The van der Waals surface area contributed by atoms with Crippen LogP contribution in [0.15, 0.2) is 104 Å². The number of aryl methyl sites for hydroxylation is 5. The maximum Gasteiger partial charge on any atom is 0.193 e. The summed E-state index contributed by atoms with van der Waals surface area (Å²) in [7, 11) is 5.39. The number of phenolic OH excluding ortho intramolecular Hbond substituents is 3. The number of aliphatic hydroxyl groups is 1. The Hall–Kier alpha value is -9.75. The zero-order chi connectivity index (χ0) is 63.0. The van der Waals surface area contributed by atoms with Crippen molar-refractivity contribution in [1.82, 2.24) is 69.9 Å². The van der Waals surface area contributed by atoms with E-state index in [1.54, 1.807) is 41.7 Å². The highest BCUT2D eigenvalue weighted by atomic mass is 19.1. The number of pyridine rings is 6. The quantitative estimate of drug-likeness (QED) is 0.0541. The van der Waals surface area contributed by atoms with Gasteiger partial charge in [0.1, 0.15) is 41.1 Å². The Bertz CT molecular complexity index is 4970. The zero-order valence-corrected chi connectivity index (χ0v) is 51.2. The van der Waals surface area contributed by atoms with E-state index in [2.05, 4.69) is 30.4 Å². The van der Waals surface area contributed by atoms with Crippen LogP contribution in [-0.2, 0) is 34.0 Å². The molecule has 0 radical (unpaired) electrons. The van der Waals surface area contributed by atoms with Gasteiger partial charge in [0.25, 0.3) is 0 Å². The summed E-state index contributed by atoms with van der Waals surface area (Å²) in [5.41, 5.74) is 16.3. The zero-order valence-electron chi connectivity index (χ0n) is 51.2. The summed E-state index contributed by atoms with van der Waals surface area (Å²) >= 11 is 0. The molecule has 468 valence electrons. The molecule has 12 aromatic rings. The van der Waals surface area contributed by atoms with Gasteiger partial charge in [-0.05, 0) is 124 Å². The highest BCUT2D eigenvalue weighted by Gasteiger charge is 2.45. The maximum atomic E-state index is 15.2. The number of piperazine rings is 1. The number of rotatable bonds is 14. The van der Waals surface area contributed by atoms with Gasteiger partial charge in [0, 0.05) is 165 Å². The highest BCUT2D eigenvalue weighted by Crippen LogP contribution is 2.44. The van der Waals surface area contributed by atoms with Crippen LogP contribution in [0.5, 0.6) is 17.2 Å². The molecule has 5 atom stereocenters. The van der Waals surface area contributed by atoms with Crippen molar-refractivity contribution in [2.24, 2.45) is 32.8 Å². The van der Waals surface area contributed by atoms with E-state index >= 15 is 4.39 Å². The van der Waals surface area contributed by atoms with Gasteiger partial charge in [-0.25, -0.2) is 38.7 Å². The number of aromatic nitrogens is 12. The predicted molar refractivity (Wildman–Crippen MR) is 350 cm³/mol. The molecule has 12 heterocycles. The Kier molecular flexibility index (Phi) is 13.7. The highest BCUT2D eigenvalue weighted by molar-refractivity contribution is 5.95. The average molecular weight is 1240 g/mol. The number of halogens is 2. The number of alkyl halides is 1. The van der Waals surface area contributed by atoms with Crippen molar-refractivity contribution in [3.05, 3.63) is 126 Å². The van der Waals surface area contributed by atoms with E-state index in [9.17, 15) is 24.8 Å². The van der Waals surface area contributed by atoms with Gasteiger partial charge in [0.05, 0.1) is 67.3 Å². The van der Waals surface area contributed by atoms with Crippen molar-refractivity contribution in [3.63, 3.8) is 0 Å². The smallest absolute Gasteiger partial charge is 0.193 e. The first-order valence-corrected chi connectivity index (χ1v) is 31.4. The minimum absolute atomic E-state index is 0.00357. The molecule has 0 bridgehead atoms. The van der Waals surface area contributed by atoms with Crippen molar-refractivity contribution in [2.45, 2.75) is 68.8 Å². The van der Waals surface area contributed by atoms with E-state index in [1.807, 2.05) is 99.3 Å². The summed E-state index contributed by atoms with van der Waals surface area (Å²) in [5.74, 6) is 1.13. The van der Waals surface area contributed by atoms with Gasteiger partial charge < -0.3 is 51.5 Å². The predicted octanol–water partition coefficient (Wildman–Crippen LogP) is 8.18. The minimum atomic E-state index is -0.910. The standard InChI is InChI=1S/C68H68F2N18O4/c1-35(89)42-26-59(87-22-20-72-56(33-87)46-31-88(32-47(46)71)58-16-14-52-54(76-58)11-8-49(74-52)45-25-38-29-85(4)82-63(38)60(70)67(45)92)77-55-12-9-50(78-64(42)55)44-24-37-28-84(3)81-62(37)41(66(44)91)6-5-40-61-36(27-83(2)80-61)23-43(65(40)90)48-7-10-53-51(73-48)13-15-57(75-53)86-21-17-39(30-86)79-68(34-69)18-19-68/h7-16,23-29,35,39,46-47,56,72,79,89-92H,5-6,17-22,30-34,71H2,1-4H3/t35?,39?,46?,47-,56?/m0/s1. The SMILES string of the molecule is CC(O)c1cc(N2CCNC(C3CN(c4ccc5nc(-c6cc7cn(C)nc7c(F)c6O)ccc5n4)C[C@@H]3N)C2)nc2ccc(-c3cc4cn(C)nc4c(CCc4c(O)c(-c5ccc6nc(N7CCC(NC8(CF)CC8)C7)ccc6n5)cc5cn(C)nc45)c3O)nc12. The lowest BCUT2D eigenvalue weighted by molar-refractivity contribution is 0.200. The number of nitrogens with zero attached hydrogens (tertiary/aromatic N) is 15. The number of phenols is 3. The number of aromatic hydroxyl groups is 3. The van der Waals surface area contributed by atoms with Gasteiger partial charge >= 0.3 is 0 Å². The van der Waals surface area contributed by atoms with Gasteiger partial charge in [-0.2, -0.15) is 15.3 Å². The second kappa shape index (κ2) is 22.0. The first-order valence-electron chi connectivity index (χ1n) is 31.4. The van der Waals surface area contributed by atoms with Crippen molar-refractivity contribution in [1.29, 1.82) is 0 Å². The van der Waals surface area contributed by atoms with Gasteiger partial charge in [0.2, 0.25) is 0 Å². The van der Waals surface area contributed by atoms with Crippen LogP contribution in [0, 0.1) is 11.7 Å². The van der Waals surface area contributed by atoms with Crippen LogP contribution >= 0.6 is 0 Å². The molecule has 4 aliphatic rings. The third-order valence-electron chi connectivity index (χ3n) is 19.3. The van der Waals surface area contributed by atoms with Gasteiger partial charge in [-0.1, -0.05) is 0 Å². The number of fused-ring (bicyclic) bond motifs is 6. The Morgan fingerprint density at radius 1 is 0.587 bits per heavy atom. The number of hydrogen-bond donors (Lipinski definition) is 7. The molecule has 22 nitrogen and oxygen atoms in total. The first kappa shape index (κ1) is 57.4. The summed E-state index contributed by atoms with van der Waals surface area (Å²) in [4.78, 5) is 36.7. The number of nitrogens with two attached hydrogens (primary N) is 1. The molecule has 0 spiro atoms. The Morgan fingerprint density at radius 3 is 1.68 bits per heavy atom. The summed E-state index contributed by atoms with van der Waals surface area (Å²) in [5, 5.41) is 70.3. The Balaban J connectivity index is 0.640. The van der Waals surface area contributed by atoms with Crippen LogP contribution in [-0.4, -0.2) is 156 Å². The van der Waals surface area contributed by atoms with Crippen LogP contribution in [0.25, 0.3) is 99.6 Å². The number of aliphatic hydroxyl groups excluding tert-OH is 1.